The van der Waals surface area contributed by atoms with Gasteiger partial charge in [0.15, 0.2) is 9.84 Å². The van der Waals surface area contributed by atoms with Gasteiger partial charge in [-0.05, 0) is 38.5 Å². The summed E-state index contributed by atoms with van der Waals surface area (Å²) in [6.45, 7) is 3.62. The molecule has 2 atom stereocenters. The first kappa shape index (κ1) is 14.3. The Kier molecular flexibility index (Phi) is 3.57. The van der Waals surface area contributed by atoms with Crippen LogP contribution in [0, 0.1) is 5.82 Å². The zero-order valence-electron chi connectivity index (χ0n) is 11.0. The van der Waals surface area contributed by atoms with Crippen molar-refractivity contribution < 1.29 is 17.9 Å². The lowest BCUT2D eigenvalue weighted by Crippen LogP contribution is -2.44. The monoisotopic (exact) mass is 287 g/mol. The van der Waals surface area contributed by atoms with E-state index < -0.39 is 21.2 Å². The highest BCUT2D eigenvalue weighted by molar-refractivity contribution is 7.91. The summed E-state index contributed by atoms with van der Waals surface area (Å²) in [5, 5.41) is 12.9. The Labute approximate surface area is 112 Å². The Morgan fingerprint density at radius 3 is 2.74 bits per heavy atom. The molecule has 0 radical (unpaired) electrons. The van der Waals surface area contributed by atoms with Crippen LogP contribution in [0.15, 0.2) is 18.2 Å². The molecule has 0 aliphatic carbocycles. The van der Waals surface area contributed by atoms with Gasteiger partial charge in [0.05, 0.1) is 11.5 Å². The zero-order valence-corrected chi connectivity index (χ0v) is 11.8. The fraction of sp³-hybridized carbons (Fsp3) is 0.538. The van der Waals surface area contributed by atoms with Gasteiger partial charge in [0.1, 0.15) is 11.6 Å². The lowest BCUT2D eigenvalue weighted by Gasteiger charge is -2.29. The largest absolute Gasteiger partial charge is 0.508 e. The molecule has 6 heteroatoms. The molecule has 19 heavy (non-hydrogen) atoms. The first-order chi connectivity index (χ1) is 8.71. The van der Waals surface area contributed by atoms with Gasteiger partial charge in [0.25, 0.3) is 0 Å². The van der Waals surface area contributed by atoms with E-state index in [9.17, 15) is 17.9 Å². The Balaban J connectivity index is 2.17. The van der Waals surface area contributed by atoms with E-state index in [4.69, 9.17) is 0 Å². The normalized spacial score (nSPS) is 27.3. The molecule has 1 aliphatic heterocycles. The topological polar surface area (TPSA) is 66.4 Å². The van der Waals surface area contributed by atoms with E-state index in [1.54, 1.807) is 6.92 Å². The molecule has 1 heterocycles. The summed E-state index contributed by atoms with van der Waals surface area (Å²) in [7, 11) is -3.00. The van der Waals surface area contributed by atoms with Crippen LogP contribution in [0.2, 0.25) is 0 Å². The third kappa shape index (κ3) is 3.25. The van der Waals surface area contributed by atoms with Crippen molar-refractivity contribution >= 4 is 9.84 Å². The molecule has 4 nitrogen and oxygen atoms in total. The number of hydrogen-bond donors (Lipinski definition) is 2. The summed E-state index contributed by atoms with van der Waals surface area (Å²) < 4.78 is 36.3. The number of nitrogens with one attached hydrogen (secondary N) is 1. The van der Waals surface area contributed by atoms with E-state index >= 15 is 0 Å². The molecule has 1 aliphatic rings. The number of phenols is 1. The van der Waals surface area contributed by atoms with Gasteiger partial charge < -0.3 is 10.4 Å². The van der Waals surface area contributed by atoms with Crippen LogP contribution >= 0.6 is 0 Å². The van der Waals surface area contributed by atoms with Gasteiger partial charge in [-0.2, -0.15) is 0 Å². The van der Waals surface area contributed by atoms with E-state index in [0.29, 0.717) is 12.0 Å². The standard InChI is InChI=1S/C13H18FNO3S/c1-9(11-7-10(14)3-4-12(11)16)15-13(2)5-6-19(17,18)8-13/h3-4,7,9,15-16H,5-6,8H2,1-2H3. The van der Waals surface area contributed by atoms with E-state index in [-0.39, 0.29) is 23.3 Å². The highest BCUT2D eigenvalue weighted by Gasteiger charge is 2.39. The van der Waals surface area contributed by atoms with Gasteiger partial charge >= 0.3 is 0 Å². The van der Waals surface area contributed by atoms with Crippen LogP contribution in [0.1, 0.15) is 31.9 Å². The molecule has 1 saturated heterocycles. The van der Waals surface area contributed by atoms with Crippen LogP contribution in [0.3, 0.4) is 0 Å². The summed E-state index contributed by atoms with van der Waals surface area (Å²) >= 11 is 0. The summed E-state index contributed by atoms with van der Waals surface area (Å²) in [6.07, 6.45) is 0.524. The maximum atomic E-state index is 13.2. The predicted molar refractivity (Wildman–Crippen MR) is 71.3 cm³/mol. The average Bonchev–Trinajstić information content (AvgIpc) is 2.56. The highest BCUT2D eigenvalue weighted by atomic mass is 32.2. The first-order valence-electron chi connectivity index (χ1n) is 6.17. The minimum absolute atomic E-state index is 0.00542. The Bertz CT molecular complexity index is 588. The fourth-order valence-corrected chi connectivity index (χ4v) is 4.70. The summed E-state index contributed by atoms with van der Waals surface area (Å²) in [5.74, 6) is -0.185. The maximum Gasteiger partial charge on any atom is 0.152 e. The van der Waals surface area contributed by atoms with Crippen LogP contribution in [0.25, 0.3) is 0 Å². The highest BCUT2D eigenvalue weighted by Crippen LogP contribution is 2.30. The van der Waals surface area contributed by atoms with Crippen molar-refractivity contribution in [3.05, 3.63) is 29.6 Å². The number of sulfone groups is 1. The van der Waals surface area contributed by atoms with Gasteiger partial charge in [-0.1, -0.05) is 0 Å². The summed E-state index contributed by atoms with van der Waals surface area (Å²) in [6, 6.07) is 3.43. The molecule has 106 valence electrons. The number of benzene rings is 1. The number of hydrogen-bond acceptors (Lipinski definition) is 4. The van der Waals surface area contributed by atoms with Crippen molar-refractivity contribution in [1.82, 2.24) is 5.32 Å². The molecular weight excluding hydrogens is 269 g/mol. The average molecular weight is 287 g/mol. The van der Waals surface area contributed by atoms with Crippen LogP contribution in [-0.2, 0) is 9.84 Å². The lowest BCUT2D eigenvalue weighted by molar-refractivity contribution is 0.347. The second kappa shape index (κ2) is 4.76. The van der Waals surface area contributed by atoms with E-state index in [2.05, 4.69) is 5.32 Å². The number of rotatable bonds is 3. The van der Waals surface area contributed by atoms with Crippen molar-refractivity contribution in [1.29, 1.82) is 0 Å². The van der Waals surface area contributed by atoms with Crippen molar-refractivity contribution in [3.8, 4) is 5.75 Å². The van der Waals surface area contributed by atoms with Crippen molar-refractivity contribution in [2.45, 2.75) is 31.8 Å². The third-order valence-electron chi connectivity index (χ3n) is 3.52. The molecule has 1 aromatic rings. The molecule has 2 unspecified atom stereocenters. The third-order valence-corrected chi connectivity index (χ3v) is 5.43. The van der Waals surface area contributed by atoms with E-state index in [1.165, 1.54) is 18.2 Å². The van der Waals surface area contributed by atoms with Crippen LogP contribution in [-0.4, -0.2) is 30.6 Å². The zero-order chi connectivity index (χ0) is 14.3. The Morgan fingerprint density at radius 1 is 1.47 bits per heavy atom. The molecule has 2 rings (SSSR count). The molecule has 0 bridgehead atoms. The molecule has 1 fully saturated rings. The van der Waals surface area contributed by atoms with Crippen molar-refractivity contribution in [3.63, 3.8) is 0 Å². The maximum absolute atomic E-state index is 13.2. The minimum atomic E-state index is -3.00. The Morgan fingerprint density at radius 2 is 2.16 bits per heavy atom. The smallest absolute Gasteiger partial charge is 0.152 e. The summed E-state index contributed by atoms with van der Waals surface area (Å²) in [4.78, 5) is 0. The molecule has 0 aromatic heterocycles. The van der Waals surface area contributed by atoms with Crippen LogP contribution in [0.4, 0.5) is 4.39 Å². The van der Waals surface area contributed by atoms with Gasteiger partial charge in [-0.25, -0.2) is 12.8 Å². The van der Waals surface area contributed by atoms with Crippen molar-refractivity contribution in [2.24, 2.45) is 0 Å². The molecule has 1 aromatic carbocycles. The van der Waals surface area contributed by atoms with Crippen LogP contribution < -0.4 is 5.32 Å². The second-order valence-corrected chi connectivity index (χ2v) is 7.66. The quantitative estimate of drug-likeness (QED) is 0.889. The van der Waals surface area contributed by atoms with Gasteiger partial charge in [0, 0.05) is 17.1 Å². The number of halogens is 1. The van der Waals surface area contributed by atoms with Gasteiger partial charge in [0.2, 0.25) is 0 Å². The Hall–Kier alpha value is -1.14. The first-order valence-corrected chi connectivity index (χ1v) is 7.99. The molecule has 0 spiro atoms. The predicted octanol–water partition coefficient (Wildman–Crippen LogP) is 1.76. The van der Waals surface area contributed by atoms with Crippen molar-refractivity contribution in [2.75, 3.05) is 11.5 Å². The minimum Gasteiger partial charge on any atom is -0.508 e. The molecule has 0 saturated carbocycles. The van der Waals surface area contributed by atoms with E-state index in [1.807, 2.05) is 6.92 Å². The van der Waals surface area contributed by atoms with Gasteiger partial charge in [-0.3, -0.25) is 0 Å². The number of phenolic OH excluding ortho intramolecular Hbond substituents is 1. The SMILES string of the molecule is CC(NC1(C)CCS(=O)(=O)C1)c1cc(F)ccc1O. The number of aromatic hydroxyl groups is 1. The van der Waals surface area contributed by atoms with E-state index in [0.717, 1.165) is 0 Å². The molecule has 0 amide bonds. The second-order valence-electron chi connectivity index (χ2n) is 5.47. The van der Waals surface area contributed by atoms with Gasteiger partial charge in [-0.15, -0.1) is 0 Å². The lowest BCUT2D eigenvalue weighted by atomic mass is 9.98. The molecule has 2 N–H and O–H groups in total. The van der Waals surface area contributed by atoms with Crippen LogP contribution in [0.5, 0.6) is 5.75 Å². The molecular formula is C13H18FNO3S. The fourth-order valence-electron chi connectivity index (χ4n) is 2.60. The summed E-state index contributed by atoms with van der Waals surface area (Å²) in [5.41, 5.74) is -0.0951.